The van der Waals surface area contributed by atoms with Crippen LogP contribution in [0.2, 0.25) is 0 Å². The van der Waals surface area contributed by atoms with E-state index in [0.717, 1.165) is 12.0 Å². The number of rotatable bonds is 5. The third kappa shape index (κ3) is 4.55. The van der Waals surface area contributed by atoms with Crippen LogP contribution in [0.3, 0.4) is 0 Å². The molecule has 0 bridgehead atoms. The van der Waals surface area contributed by atoms with Crippen LogP contribution in [0.1, 0.15) is 60.8 Å². The van der Waals surface area contributed by atoms with Crippen LogP contribution in [0.25, 0.3) is 0 Å². The minimum absolute atomic E-state index is 0.420. The van der Waals surface area contributed by atoms with Gasteiger partial charge in [-0.3, -0.25) is 4.90 Å². The number of hydrogen-bond donors (Lipinski definition) is 1. The van der Waals surface area contributed by atoms with E-state index in [1.165, 1.54) is 38.9 Å². The summed E-state index contributed by atoms with van der Waals surface area (Å²) in [5, 5.41) is 3.72. The molecule has 0 aromatic rings. The van der Waals surface area contributed by atoms with Crippen LogP contribution >= 0.6 is 0 Å². The molecule has 0 amide bonds. The second kappa shape index (κ2) is 6.91. The Morgan fingerprint density at radius 2 is 1.94 bits per heavy atom. The maximum atomic E-state index is 3.72. The van der Waals surface area contributed by atoms with E-state index in [9.17, 15) is 0 Å². The highest BCUT2D eigenvalue weighted by Crippen LogP contribution is 2.27. The zero-order valence-corrected chi connectivity index (χ0v) is 13.4. The summed E-state index contributed by atoms with van der Waals surface area (Å²) in [5.74, 6) is 0.756. The van der Waals surface area contributed by atoms with Crippen molar-refractivity contribution in [1.82, 2.24) is 10.2 Å². The first-order valence-corrected chi connectivity index (χ1v) is 7.85. The van der Waals surface area contributed by atoms with E-state index in [1.807, 2.05) is 0 Å². The van der Waals surface area contributed by atoms with Crippen molar-refractivity contribution in [1.29, 1.82) is 0 Å². The van der Waals surface area contributed by atoms with E-state index in [-0.39, 0.29) is 0 Å². The molecule has 1 saturated heterocycles. The van der Waals surface area contributed by atoms with Gasteiger partial charge in [-0.25, -0.2) is 0 Å². The van der Waals surface area contributed by atoms with Crippen molar-refractivity contribution in [3.8, 4) is 0 Å². The van der Waals surface area contributed by atoms with E-state index in [1.54, 1.807) is 0 Å². The number of piperazine rings is 1. The van der Waals surface area contributed by atoms with Crippen LogP contribution in [0.5, 0.6) is 0 Å². The van der Waals surface area contributed by atoms with Gasteiger partial charge in [-0.2, -0.15) is 0 Å². The first kappa shape index (κ1) is 16.0. The summed E-state index contributed by atoms with van der Waals surface area (Å²) in [4.78, 5) is 2.74. The summed E-state index contributed by atoms with van der Waals surface area (Å²) >= 11 is 0. The fourth-order valence-electron chi connectivity index (χ4n) is 2.72. The molecule has 1 aliphatic rings. The number of nitrogens with one attached hydrogen (secondary N) is 1. The van der Waals surface area contributed by atoms with Crippen LogP contribution < -0.4 is 5.32 Å². The molecule has 2 heteroatoms. The van der Waals surface area contributed by atoms with Gasteiger partial charge >= 0.3 is 0 Å². The van der Waals surface area contributed by atoms with Crippen molar-refractivity contribution < 1.29 is 0 Å². The van der Waals surface area contributed by atoms with E-state index in [2.05, 4.69) is 51.8 Å². The average molecular weight is 254 g/mol. The van der Waals surface area contributed by atoms with Crippen LogP contribution in [0.15, 0.2) is 0 Å². The Morgan fingerprint density at radius 1 is 1.28 bits per heavy atom. The lowest BCUT2D eigenvalue weighted by Gasteiger charge is -2.43. The van der Waals surface area contributed by atoms with Crippen LogP contribution in [0.4, 0.5) is 0 Å². The summed E-state index contributed by atoms with van der Waals surface area (Å²) in [7, 11) is 0. The van der Waals surface area contributed by atoms with Gasteiger partial charge in [0.05, 0.1) is 0 Å². The molecule has 0 aromatic carbocycles. The fourth-order valence-corrected chi connectivity index (χ4v) is 2.72. The lowest BCUT2D eigenvalue weighted by molar-refractivity contribution is 0.0793. The van der Waals surface area contributed by atoms with Crippen molar-refractivity contribution in [3.63, 3.8) is 0 Å². The highest BCUT2D eigenvalue weighted by atomic mass is 15.2. The molecule has 3 unspecified atom stereocenters. The topological polar surface area (TPSA) is 15.3 Å². The zero-order chi connectivity index (χ0) is 13.8. The number of nitrogens with zero attached hydrogens (tertiary/aromatic N) is 1. The van der Waals surface area contributed by atoms with E-state index >= 15 is 0 Å². The maximum absolute atomic E-state index is 3.72. The highest BCUT2D eigenvalue weighted by Gasteiger charge is 2.30. The average Bonchev–Trinajstić information content (AvgIpc) is 2.28. The van der Waals surface area contributed by atoms with Gasteiger partial charge in [0, 0.05) is 31.7 Å². The van der Waals surface area contributed by atoms with Crippen molar-refractivity contribution in [3.05, 3.63) is 0 Å². The lowest BCUT2D eigenvalue weighted by Crippen LogP contribution is -2.57. The standard InChI is InChI=1S/C16H34N2/c1-7-9-14-12-18(15(8-2)10-17-14)11-13(3)16(4,5)6/h13-15,17H,7-12H2,1-6H3. The normalized spacial score (nSPS) is 28.3. The largest absolute Gasteiger partial charge is 0.311 e. The van der Waals surface area contributed by atoms with E-state index in [4.69, 9.17) is 0 Å². The number of hydrogen-bond acceptors (Lipinski definition) is 2. The Balaban J connectivity index is 2.57. The van der Waals surface area contributed by atoms with Gasteiger partial charge in [-0.1, -0.05) is 48.0 Å². The first-order valence-electron chi connectivity index (χ1n) is 7.85. The van der Waals surface area contributed by atoms with Crippen molar-refractivity contribution in [2.75, 3.05) is 19.6 Å². The minimum Gasteiger partial charge on any atom is -0.311 e. The predicted molar refractivity (Wildman–Crippen MR) is 81.0 cm³/mol. The van der Waals surface area contributed by atoms with Gasteiger partial charge in [-0.05, 0) is 24.2 Å². The molecule has 0 aromatic heterocycles. The molecule has 1 rings (SSSR count). The van der Waals surface area contributed by atoms with Gasteiger partial charge in [0.15, 0.2) is 0 Å². The molecule has 0 spiro atoms. The molecule has 18 heavy (non-hydrogen) atoms. The Hall–Kier alpha value is -0.0800. The Labute approximate surface area is 115 Å². The SMILES string of the molecule is CCCC1CN(CC(C)C(C)(C)C)C(CC)CN1. The molecule has 0 radical (unpaired) electrons. The zero-order valence-electron chi connectivity index (χ0n) is 13.4. The molecule has 2 nitrogen and oxygen atoms in total. The fraction of sp³-hybridized carbons (Fsp3) is 1.00. The van der Waals surface area contributed by atoms with Gasteiger partial charge in [0.1, 0.15) is 0 Å². The van der Waals surface area contributed by atoms with Crippen molar-refractivity contribution in [2.24, 2.45) is 11.3 Å². The first-order chi connectivity index (χ1) is 8.38. The molecular formula is C16H34N2. The molecule has 108 valence electrons. The highest BCUT2D eigenvalue weighted by molar-refractivity contribution is 4.87. The minimum atomic E-state index is 0.420. The second-order valence-electron chi connectivity index (χ2n) is 7.18. The lowest BCUT2D eigenvalue weighted by atomic mass is 9.81. The predicted octanol–water partition coefficient (Wildman–Crippen LogP) is 3.52. The van der Waals surface area contributed by atoms with Gasteiger partial charge in [0.2, 0.25) is 0 Å². The molecule has 3 atom stereocenters. The molecule has 1 aliphatic heterocycles. The molecular weight excluding hydrogens is 220 g/mol. The van der Waals surface area contributed by atoms with E-state index in [0.29, 0.717) is 11.5 Å². The summed E-state index contributed by atoms with van der Waals surface area (Å²) in [6.07, 6.45) is 3.87. The maximum Gasteiger partial charge on any atom is 0.0218 e. The van der Waals surface area contributed by atoms with Gasteiger partial charge in [-0.15, -0.1) is 0 Å². The Bertz CT molecular complexity index is 232. The van der Waals surface area contributed by atoms with Crippen LogP contribution in [-0.2, 0) is 0 Å². The Morgan fingerprint density at radius 3 is 2.44 bits per heavy atom. The molecule has 1 N–H and O–H groups in total. The summed E-state index contributed by atoms with van der Waals surface area (Å²) < 4.78 is 0. The molecule has 0 saturated carbocycles. The molecule has 1 heterocycles. The Kier molecular flexibility index (Phi) is 6.13. The summed E-state index contributed by atoms with van der Waals surface area (Å²) in [5.41, 5.74) is 0.420. The van der Waals surface area contributed by atoms with Crippen molar-refractivity contribution >= 4 is 0 Å². The molecule has 0 aliphatic carbocycles. The van der Waals surface area contributed by atoms with Gasteiger partial charge in [0.25, 0.3) is 0 Å². The second-order valence-corrected chi connectivity index (χ2v) is 7.18. The van der Waals surface area contributed by atoms with Crippen LogP contribution in [0, 0.1) is 11.3 Å². The van der Waals surface area contributed by atoms with Crippen LogP contribution in [-0.4, -0.2) is 36.6 Å². The summed E-state index contributed by atoms with van der Waals surface area (Å²) in [6, 6.07) is 1.45. The monoisotopic (exact) mass is 254 g/mol. The summed E-state index contributed by atoms with van der Waals surface area (Å²) in [6.45, 7) is 17.8. The molecule has 1 fully saturated rings. The van der Waals surface area contributed by atoms with E-state index < -0.39 is 0 Å². The smallest absolute Gasteiger partial charge is 0.0218 e. The quantitative estimate of drug-likeness (QED) is 0.807. The van der Waals surface area contributed by atoms with Gasteiger partial charge < -0.3 is 5.32 Å². The third-order valence-electron chi connectivity index (χ3n) is 4.71. The van der Waals surface area contributed by atoms with Crippen molar-refractivity contribution in [2.45, 2.75) is 72.9 Å². The third-order valence-corrected chi connectivity index (χ3v) is 4.71.